The lowest BCUT2D eigenvalue weighted by molar-refractivity contribution is -0.143. The summed E-state index contributed by atoms with van der Waals surface area (Å²) >= 11 is 0. The van der Waals surface area contributed by atoms with E-state index < -0.39 is 42.3 Å². The van der Waals surface area contributed by atoms with Gasteiger partial charge in [-0.15, -0.1) is 0 Å². The van der Waals surface area contributed by atoms with E-state index in [0.717, 1.165) is 0 Å². The molecule has 0 unspecified atom stereocenters. The monoisotopic (exact) mass is 276 g/mol. The molecule has 0 heterocycles. The molecule has 0 rings (SSSR count). The maximum Gasteiger partial charge on any atom is 0.326 e. The molecule has 19 heavy (non-hydrogen) atoms. The van der Waals surface area contributed by atoms with Crippen LogP contribution in [0.15, 0.2) is 0 Å². The van der Waals surface area contributed by atoms with Gasteiger partial charge in [-0.25, -0.2) is 4.79 Å². The Kier molecular flexibility index (Phi) is 7.12. The zero-order chi connectivity index (χ0) is 15.0. The van der Waals surface area contributed by atoms with Crippen molar-refractivity contribution in [1.29, 1.82) is 0 Å². The SMILES string of the molecule is N[C@@H](CCC(=O)O)C(=O)N[C@H](CCC(=O)O)C(=O)O. The maximum absolute atomic E-state index is 11.5. The van der Waals surface area contributed by atoms with Crippen LogP contribution in [0.25, 0.3) is 0 Å². The van der Waals surface area contributed by atoms with Crippen LogP contribution in [0.2, 0.25) is 0 Å². The molecule has 0 aromatic rings. The molecule has 0 aromatic carbocycles. The maximum atomic E-state index is 11.5. The first-order chi connectivity index (χ1) is 8.73. The van der Waals surface area contributed by atoms with Crippen LogP contribution in [0.3, 0.4) is 0 Å². The fourth-order valence-corrected chi connectivity index (χ4v) is 1.21. The van der Waals surface area contributed by atoms with Crippen molar-refractivity contribution in [3.8, 4) is 0 Å². The van der Waals surface area contributed by atoms with Gasteiger partial charge in [0.15, 0.2) is 0 Å². The van der Waals surface area contributed by atoms with Crippen LogP contribution in [0.1, 0.15) is 25.7 Å². The van der Waals surface area contributed by atoms with Crippen LogP contribution >= 0.6 is 0 Å². The lowest BCUT2D eigenvalue weighted by atomic mass is 10.1. The van der Waals surface area contributed by atoms with Gasteiger partial charge < -0.3 is 26.4 Å². The number of rotatable bonds is 9. The molecule has 0 bridgehead atoms. The van der Waals surface area contributed by atoms with E-state index in [1.807, 2.05) is 0 Å². The van der Waals surface area contributed by atoms with E-state index in [1.54, 1.807) is 0 Å². The molecule has 108 valence electrons. The van der Waals surface area contributed by atoms with Crippen LogP contribution < -0.4 is 11.1 Å². The molecule has 0 aromatic heterocycles. The molecule has 0 radical (unpaired) electrons. The topological polar surface area (TPSA) is 167 Å². The first-order valence-corrected chi connectivity index (χ1v) is 5.46. The highest BCUT2D eigenvalue weighted by Gasteiger charge is 2.24. The zero-order valence-corrected chi connectivity index (χ0v) is 10.0. The number of carboxylic acids is 3. The Labute approximate surface area is 108 Å². The Balaban J connectivity index is 4.33. The van der Waals surface area contributed by atoms with Gasteiger partial charge in [-0.2, -0.15) is 0 Å². The Morgan fingerprint density at radius 3 is 1.84 bits per heavy atom. The van der Waals surface area contributed by atoms with E-state index in [9.17, 15) is 19.2 Å². The third-order valence-corrected chi connectivity index (χ3v) is 2.27. The molecule has 0 spiro atoms. The summed E-state index contributed by atoms with van der Waals surface area (Å²) in [6, 6.07) is -2.51. The number of nitrogens with one attached hydrogen (secondary N) is 1. The summed E-state index contributed by atoms with van der Waals surface area (Å²) in [5.41, 5.74) is 5.39. The number of amides is 1. The Morgan fingerprint density at radius 1 is 0.947 bits per heavy atom. The lowest BCUT2D eigenvalue weighted by Gasteiger charge is -2.16. The van der Waals surface area contributed by atoms with Gasteiger partial charge >= 0.3 is 17.9 Å². The van der Waals surface area contributed by atoms with Gasteiger partial charge in [-0.05, 0) is 12.8 Å². The second-order valence-electron chi connectivity index (χ2n) is 3.87. The van der Waals surface area contributed by atoms with Crippen molar-refractivity contribution in [2.24, 2.45) is 5.73 Å². The molecule has 0 fully saturated rings. The minimum Gasteiger partial charge on any atom is -0.481 e. The summed E-state index contributed by atoms with van der Waals surface area (Å²) in [5.74, 6) is -4.50. The lowest BCUT2D eigenvalue weighted by Crippen LogP contribution is -2.48. The van der Waals surface area contributed by atoms with E-state index in [-0.39, 0.29) is 19.3 Å². The van der Waals surface area contributed by atoms with Crippen molar-refractivity contribution in [3.05, 3.63) is 0 Å². The minimum atomic E-state index is -1.37. The molecule has 0 aliphatic rings. The van der Waals surface area contributed by atoms with E-state index in [0.29, 0.717) is 0 Å². The second-order valence-corrected chi connectivity index (χ2v) is 3.87. The highest BCUT2D eigenvalue weighted by Crippen LogP contribution is 2.01. The summed E-state index contributed by atoms with van der Waals surface area (Å²) in [5, 5.41) is 27.7. The fraction of sp³-hybridized carbons (Fsp3) is 0.600. The summed E-state index contributed by atoms with van der Waals surface area (Å²) in [6.45, 7) is 0. The molecular weight excluding hydrogens is 260 g/mol. The van der Waals surface area contributed by atoms with Gasteiger partial charge in [0.1, 0.15) is 6.04 Å². The normalized spacial score (nSPS) is 13.3. The van der Waals surface area contributed by atoms with Crippen molar-refractivity contribution < 1.29 is 34.5 Å². The van der Waals surface area contributed by atoms with E-state index >= 15 is 0 Å². The van der Waals surface area contributed by atoms with E-state index in [2.05, 4.69) is 5.32 Å². The summed E-state index contributed by atoms with van der Waals surface area (Å²) in [7, 11) is 0. The molecule has 6 N–H and O–H groups in total. The average Bonchev–Trinajstić information content (AvgIpc) is 2.30. The molecule has 9 heteroatoms. The molecule has 9 nitrogen and oxygen atoms in total. The van der Waals surface area contributed by atoms with Crippen molar-refractivity contribution >= 4 is 23.8 Å². The first-order valence-electron chi connectivity index (χ1n) is 5.46. The van der Waals surface area contributed by atoms with Crippen LogP contribution in [0.5, 0.6) is 0 Å². The quantitative estimate of drug-likeness (QED) is 0.343. The molecule has 0 aliphatic carbocycles. The number of nitrogens with two attached hydrogens (primary N) is 1. The standard InChI is InChI=1S/C10H16N2O7/c11-5(1-3-7(13)14)9(17)12-6(10(18)19)2-4-8(15)16/h5-6H,1-4,11H2,(H,12,17)(H,13,14)(H,15,16)(H,18,19)/t5-,6+/m0/s1. The molecule has 2 atom stereocenters. The van der Waals surface area contributed by atoms with E-state index in [1.165, 1.54) is 0 Å². The Morgan fingerprint density at radius 2 is 1.42 bits per heavy atom. The highest BCUT2D eigenvalue weighted by atomic mass is 16.4. The minimum absolute atomic E-state index is 0.133. The van der Waals surface area contributed by atoms with Crippen LogP contribution in [0, 0.1) is 0 Å². The van der Waals surface area contributed by atoms with Crippen molar-refractivity contribution in [2.75, 3.05) is 0 Å². The smallest absolute Gasteiger partial charge is 0.326 e. The number of hydrogen-bond acceptors (Lipinski definition) is 5. The van der Waals surface area contributed by atoms with Gasteiger partial charge in [0.2, 0.25) is 5.91 Å². The number of aliphatic carboxylic acids is 3. The first kappa shape index (κ1) is 16.8. The van der Waals surface area contributed by atoms with Gasteiger partial charge in [0, 0.05) is 12.8 Å². The molecule has 0 saturated heterocycles. The summed E-state index contributed by atoms with van der Waals surface area (Å²) in [6.07, 6.45) is -1.14. The number of carboxylic acid groups (broad SMARTS) is 3. The Bertz CT molecular complexity index is 369. The molecule has 1 amide bonds. The highest BCUT2D eigenvalue weighted by molar-refractivity contribution is 5.87. The van der Waals surface area contributed by atoms with Gasteiger partial charge in [-0.1, -0.05) is 0 Å². The van der Waals surface area contributed by atoms with Gasteiger partial charge in [0.05, 0.1) is 6.04 Å². The summed E-state index contributed by atoms with van der Waals surface area (Å²) in [4.78, 5) is 42.9. The second kappa shape index (κ2) is 8.03. The molecular formula is C10H16N2O7. The average molecular weight is 276 g/mol. The summed E-state index contributed by atoms with van der Waals surface area (Å²) < 4.78 is 0. The van der Waals surface area contributed by atoms with Crippen molar-refractivity contribution in [2.45, 2.75) is 37.8 Å². The fourth-order valence-electron chi connectivity index (χ4n) is 1.21. The zero-order valence-electron chi connectivity index (χ0n) is 10.0. The van der Waals surface area contributed by atoms with E-state index in [4.69, 9.17) is 21.1 Å². The largest absolute Gasteiger partial charge is 0.481 e. The van der Waals surface area contributed by atoms with Crippen LogP contribution in [-0.4, -0.2) is 51.2 Å². The third-order valence-electron chi connectivity index (χ3n) is 2.27. The van der Waals surface area contributed by atoms with Crippen molar-refractivity contribution in [3.63, 3.8) is 0 Å². The number of carbonyl (C=O) groups excluding carboxylic acids is 1. The number of carbonyl (C=O) groups is 4. The van der Waals surface area contributed by atoms with Crippen LogP contribution in [0.4, 0.5) is 0 Å². The molecule has 0 aliphatic heterocycles. The number of hydrogen-bond donors (Lipinski definition) is 5. The predicted octanol–water partition coefficient (Wildman–Crippen LogP) is -1.39. The van der Waals surface area contributed by atoms with Gasteiger partial charge in [0.25, 0.3) is 0 Å². The van der Waals surface area contributed by atoms with Gasteiger partial charge in [-0.3, -0.25) is 14.4 Å². The van der Waals surface area contributed by atoms with Crippen molar-refractivity contribution in [1.82, 2.24) is 5.32 Å². The Hall–Kier alpha value is -2.16. The predicted molar refractivity (Wildman–Crippen MR) is 61.3 cm³/mol. The third kappa shape index (κ3) is 7.71. The molecule has 0 saturated carbocycles. The van der Waals surface area contributed by atoms with Crippen LogP contribution in [-0.2, 0) is 19.2 Å².